The molecule has 0 saturated heterocycles. The van der Waals surface area contributed by atoms with E-state index >= 15 is 0 Å². The number of benzene rings is 1. The van der Waals surface area contributed by atoms with Gasteiger partial charge in [-0.1, -0.05) is 12.1 Å². The van der Waals surface area contributed by atoms with Crippen LogP contribution in [0.3, 0.4) is 0 Å². The van der Waals surface area contributed by atoms with Gasteiger partial charge in [0.25, 0.3) is 0 Å². The van der Waals surface area contributed by atoms with Gasteiger partial charge in [0.2, 0.25) is 0 Å². The smallest absolute Gasteiger partial charge is 0.0825 e. The summed E-state index contributed by atoms with van der Waals surface area (Å²) < 4.78 is 1.85. The second-order valence-corrected chi connectivity index (χ2v) is 4.78. The first-order chi connectivity index (χ1) is 9.74. The number of hydrogen-bond acceptors (Lipinski definition) is 3. The predicted octanol–water partition coefficient (Wildman–Crippen LogP) is 2.82. The lowest BCUT2D eigenvalue weighted by atomic mass is 10.2. The minimum atomic E-state index is 0.778. The molecule has 0 aliphatic heterocycles. The van der Waals surface area contributed by atoms with Crippen molar-refractivity contribution in [3.05, 3.63) is 59.7 Å². The van der Waals surface area contributed by atoms with Crippen molar-refractivity contribution in [3.8, 4) is 5.69 Å². The summed E-state index contributed by atoms with van der Waals surface area (Å²) in [4.78, 5) is 0. The Morgan fingerprint density at radius 1 is 1.20 bits per heavy atom. The first kappa shape index (κ1) is 12.5. The van der Waals surface area contributed by atoms with Gasteiger partial charge < -0.3 is 5.32 Å². The van der Waals surface area contributed by atoms with Crippen molar-refractivity contribution in [2.24, 2.45) is 0 Å². The van der Waals surface area contributed by atoms with Crippen molar-refractivity contribution in [2.45, 2.75) is 20.4 Å². The van der Waals surface area contributed by atoms with Crippen LogP contribution in [0.2, 0.25) is 0 Å². The molecule has 5 heteroatoms. The maximum absolute atomic E-state index is 4.21. The Morgan fingerprint density at radius 3 is 2.60 bits per heavy atom. The number of hydrogen-bond donors (Lipinski definition) is 2. The van der Waals surface area contributed by atoms with Crippen molar-refractivity contribution in [1.29, 1.82) is 0 Å². The first-order valence-electron chi connectivity index (χ1n) is 6.58. The molecule has 0 fully saturated rings. The average molecular weight is 267 g/mol. The Labute approximate surface area is 117 Å². The van der Waals surface area contributed by atoms with Crippen LogP contribution in [-0.2, 0) is 6.54 Å². The van der Waals surface area contributed by atoms with Gasteiger partial charge in [-0.25, -0.2) is 4.68 Å². The molecule has 20 heavy (non-hydrogen) atoms. The molecule has 1 aromatic carbocycles. The third kappa shape index (κ3) is 2.42. The number of nitrogens with one attached hydrogen (secondary N) is 2. The molecule has 3 rings (SSSR count). The van der Waals surface area contributed by atoms with E-state index in [4.69, 9.17) is 0 Å². The van der Waals surface area contributed by atoms with Crippen LogP contribution in [0.1, 0.15) is 17.0 Å². The van der Waals surface area contributed by atoms with E-state index in [1.165, 1.54) is 5.56 Å². The molecule has 3 aromatic rings. The van der Waals surface area contributed by atoms with Gasteiger partial charge >= 0.3 is 0 Å². The van der Waals surface area contributed by atoms with Gasteiger partial charge in [-0.3, -0.25) is 5.10 Å². The van der Waals surface area contributed by atoms with Gasteiger partial charge in [-0.15, -0.1) is 0 Å². The number of nitrogens with zero attached hydrogens (tertiary/aromatic N) is 3. The molecule has 0 atom stereocenters. The van der Waals surface area contributed by atoms with Crippen molar-refractivity contribution in [1.82, 2.24) is 20.0 Å². The second kappa shape index (κ2) is 5.21. The van der Waals surface area contributed by atoms with Crippen LogP contribution in [0.4, 0.5) is 5.69 Å². The summed E-state index contributed by atoms with van der Waals surface area (Å²) in [5.74, 6) is 0. The predicted molar refractivity (Wildman–Crippen MR) is 79.0 cm³/mol. The zero-order valence-corrected chi connectivity index (χ0v) is 11.6. The molecule has 0 unspecified atom stereocenters. The number of aromatic nitrogens is 4. The van der Waals surface area contributed by atoms with E-state index in [1.807, 2.05) is 30.8 Å². The summed E-state index contributed by atoms with van der Waals surface area (Å²) in [6.07, 6.45) is 3.71. The molecular weight excluding hydrogens is 250 g/mol. The van der Waals surface area contributed by atoms with Crippen molar-refractivity contribution in [3.63, 3.8) is 0 Å². The largest absolute Gasteiger partial charge is 0.378 e. The SMILES string of the molecule is Cc1n[nH]c(C)c1NCc1ccc(-n2cccn2)cc1. The van der Waals surface area contributed by atoms with E-state index in [0.717, 1.165) is 29.3 Å². The topological polar surface area (TPSA) is 58.5 Å². The van der Waals surface area contributed by atoms with E-state index in [2.05, 4.69) is 44.9 Å². The van der Waals surface area contributed by atoms with E-state index in [0.29, 0.717) is 0 Å². The standard InChI is InChI=1S/C15H17N5/c1-11-15(12(2)19-18-11)16-10-13-4-6-14(7-5-13)20-9-3-8-17-20/h3-9,16H,10H2,1-2H3,(H,18,19). The lowest BCUT2D eigenvalue weighted by Crippen LogP contribution is -2.02. The minimum absolute atomic E-state index is 0.778. The fourth-order valence-corrected chi connectivity index (χ4v) is 2.19. The van der Waals surface area contributed by atoms with Crippen LogP contribution in [0, 0.1) is 13.8 Å². The van der Waals surface area contributed by atoms with Crippen molar-refractivity contribution in [2.75, 3.05) is 5.32 Å². The number of anilines is 1. The lowest BCUT2D eigenvalue weighted by molar-refractivity contribution is 0.879. The third-order valence-electron chi connectivity index (χ3n) is 3.30. The number of aromatic amines is 1. The van der Waals surface area contributed by atoms with E-state index in [9.17, 15) is 0 Å². The highest BCUT2D eigenvalue weighted by Gasteiger charge is 2.05. The molecular formula is C15H17N5. The quantitative estimate of drug-likeness (QED) is 0.764. The van der Waals surface area contributed by atoms with E-state index < -0.39 is 0 Å². The van der Waals surface area contributed by atoms with Crippen LogP contribution in [0.15, 0.2) is 42.7 Å². The molecule has 5 nitrogen and oxygen atoms in total. The zero-order valence-electron chi connectivity index (χ0n) is 11.6. The van der Waals surface area contributed by atoms with Gasteiger partial charge in [0.05, 0.1) is 22.8 Å². The molecule has 0 spiro atoms. The highest BCUT2D eigenvalue weighted by Crippen LogP contribution is 2.17. The van der Waals surface area contributed by atoms with Crippen LogP contribution >= 0.6 is 0 Å². The monoisotopic (exact) mass is 267 g/mol. The van der Waals surface area contributed by atoms with Crippen LogP contribution in [0.5, 0.6) is 0 Å². The molecule has 0 saturated carbocycles. The Hall–Kier alpha value is -2.56. The maximum Gasteiger partial charge on any atom is 0.0825 e. The molecule has 0 amide bonds. The van der Waals surface area contributed by atoms with Gasteiger partial charge in [-0.05, 0) is 37.6 Å². The van der Waals surface area contributed by atoms with Gasteiger partial charge in [0.1, 0.15) is 0 Å². The molecule has 0 aliphatic carbocycles. The van der Waals surface area contributed by atoms with Crippen LogP contribution in [-0.4, -0.2) is 20.0 Å². The Bertz CT molecular complexity index is 660. The summed E-state index contributed by atoms with van der Waals surface area (Å²) in [6.45, 7) is 4.79. The normalized spacial score (nSPS) is 10.7. The first-order valence-corrected chi connectivity index (χ1v) is 6.58. The summed E-state index contributed by atoms with van der Waals surface area (Å²) in [7, 11) is 0. The molecule has 2 heterocycles. The fraction of sp³-hybridized carbons (Fsp3) is 0.200. The molecule has 102 valence electrons. The summed E-state index contributed by atoms with van der Waals surface area (Å²) in [5.41, 5.74) is 5.43. The Kier molecular flexibility index (Phi) is 3.25. The Balaban J connectivity index is 1.70. The molecule has 0 radical (unpaired) electrons. The average Bonchev–Trinajstić information content (AvgIpc) is 3.09. The number of aryl methyl sites for hydroxylation is 2. The van der Waals surface area contributed by atoms with Crippen molar-refractivity contribution >= 4 is 5.69 Å². The highest BCUT2D eigenvalue weighted by molar-refractivity contribution is 5.51. The summed E-state index contributed by atoms with van der Waals surface area (Å²) >= 11 is 0. The summed E-state index contributed by atoms with van der Waals surface area (Å²) in [5, 5.41) is 14.8. The third-order valence-corrected chi connectivity index (χ3v) is 3.30. The fourth-order valence-electron chi connectivity index (χ4n) is 2.19. The van der Waals surface area contributed by atoms with Gasteiger partial charge in [-0.2, -0.15) is 10.2 Å². The Morgan fingerprint density at radius 2 is 2.00 bits per heavy atom. The molecule has 0 aliphatic rings. The number of rotatable bonds is 4. The zero-order chi connectivity index (χ0) is 13.9. The van der Waals surface area contributed by atoms with Gasteiger partial charge in [0, 0.05) is 18.9 Å². The van der Waals surface area contributed by atoms with Gasteiger partial charge in [0.15, 0.2) is 0 Å². The number of H-pyrrole nitrogens is 1. The van der Waals surface area contributed by atoms with E-state index in [-0.39, 0.29) is 0 Å². The molecule has 2 N–H and O–H groups in total. The lowest BCUT2D eigenvalue weighted by Gasteiger charge is -2.08. The molecule has 2 aromatic heterocycles. The highest BCUT2D eigenvalue weighted by atomic mass is 15.3. The van der Waals surface area contributed by atoms with Crippen LogP contribution in [0.25, 0.3) is 5.69 Å². The second-order valence-electron chi connectivity index (χ2n) is 4.78. The summed E-state index contributed by atoms with van der Waals surface area (Å²) in [6, 6.07) is 10.3. The maximum atomic E-state index is 4.21. The van der Waals surface area contributed by atoms with Crippen LogP contribution < -0.4 is 5.32 Å². The van der Waals surface area contributed by atoms with E-state index in [1.54, 1.807) is 6.20 Å². The minimum Gasteiger partial charge on any atom is -0.378 e. The van der Waals surface area contributed by atoms with Crippen molar-refractivity contribution < 1.29 is 0 Å². The molecule has 0 bridgehead atoms.